The van der Waals surface area contributed by atoms with Crippen molar-refractivity contribution in [3.63, 3.8) is 0 Å². The second-order valence-electron chi connectivity index (χ2n) is 8.15. The third kappa shape index (κ3) is 3.89. The number of hydrogen-bond donors (Lipinski definition) is 1. The van der Waals surface area contributed by atoms with Gasteiger partial charge in [-0.1, -0.05) is 12.1 Å². The number of piperazine rings is 1. The summed E-state index contributed by atoms with van der Waals surface area (Å²) in [5, 5.41) is 0. The van der Waals surface area contributed by atoms with Crippen LogP contribution >= 0.6 is 0 Å². The zero-order chi connectivity index (χ0) is 17.4. The summed E-state index contributed by atoms with van der Waals surface area (Å²) in [6.07, 6.45) is 2.59. The molecule has 5 nitrogen and oxygen atoms in total. The quantitative estimate of drug-likeness (QED) is 0.895. The first-order valence-electron chi connectivity index (χ1n) is 9.65. The maximum atomic E-state index is 12.8. The number of rotatable bonds is 4. The van der Waals surface area contributed by atoms with Crippen molar-refractivity contribution in [1.82, 2.24) is 14.7 Å². The van der Waals surface area contributed by atoms with Gasteiger partial charge in [-0.05, 0) is 49.4 Å². The minimum Gasteiger partial charge on any atom is -0.337 e. The molecule has 0 aromatic heterocycles. The summed E-state index contributed by atoms with van der Waals surface area (Å²) in [5.74, 6) is 1.42. The SMILES string of the molecule is CN1CCN(Cc2ccc(C(=O)N3CC(N)C(C4CC4)C3)cc2)CC1. The summed E-state index contributed by atoms with van der Waals surface area (Å²) >= 11 is 0. The van der Waals surface area contributed by atoms with E-state index in [9.17, 15) is 4.79 Å². The molecule has 2 heterocycles. The van der Waals surface area contributed by atoms with Gasteiger partial charge in [0.05, 0.1) is 0 Å². The lowest BCUT2D eigenvalue weighted by atomic mass is 9.99. The van der Waals surface area contributed by atoms with Crippen molar-refractivity contribution >= 4 is 5.91 Å². The van der Waals surface area contributed by atoms with E-state index in [4.69, 9.17) is 5.73 Å². The monoisotopic (exact) mass is 342 g/mol. The molecule has 1 aliphatic carbocycles. The molecule has 2 saturated heterocycles. The number of nitrogens with two attached hydrogens (primary N) is 1. The van der Waals surface area contributed by atoms with Gasteiger partial charge in [-0.2, -0.15) is 0 Å². The standard InChI is InChI=1S/C20H30N4O/c1-22-8-10-23(11-9-22)12-15-2-4-17(5-3-15)20(25)24-13-18(16-6-7-16)19(21)14-24/h2-5,16,18-19H,6-14,21H2,1H3. The van der Waals surface area contributed by atoms with E-state index >= 15 is 0 Å². The maximum absolute atomic E-state index is 12.8. The Kier molecular flexibility index (Phi) is 4.80. The minimum atomic E-state index is 0.143. The van der Waals surface area contributed by atoms with E-state index in [2.05, 4.69) is 29.0 Å². The van der Waals surface area contributed by atoms with Gasteiger partial charge in [-0.25, -0.2) is 0 Å². The lowest BCUT2D eigenvalue weighted by Gasteiger charge is -2.32. The molecule has 1 aromatic rings. The Hall–Kier alpha value is -1.43. The zero-order valence-electron chi connectivity index (χ0n) is 15.2. The highest BCUT2D eigenvalue weighted by Crippen LogP contribution is 2.41. The second-order valence-corrected chi connectivity index (χ2v) is 8.15. The molecule has 25 heavy (non-hydrogen) atoms. The molecule has 1 saturated carbocycles. The van der Waals surface area contributed by atoms with Crippen LogP contribution < -0.4 is 5.73 Å². The van der Waals surface area contributed by atoms with Crippen LogP contribution in [0.4, 0.5) is 0 Å². The summed E-state index contributed by atoms with van der Waals surface area (Å²) in [6.45, 7) is 7.02. The van der Waals surface area contributed by atoms with Crippen LogP contribution in [0.1, 0.15) is 28.8 Å². The molecule has 2 atom stereocenters. The van der Waals surface area contributed by atoms with Crippen LogP contribution in [-0.4, -0.2) is 73.0 Å². The van der Waals surface area contributed by atoms with Gasteiger partial charge in [0.2, 0.25) is 0 Å². The van der Waals surface area contributed by atoms with Crippen LogP contribution in [0.5, 0.6) is 0 Å². The van der Waals surface area contributed by atoms with Crippen molar-refractivity contribution in [2.75, 3.05) is 46.3 Å². The van der Waals surface area contributed by atoms with E-state index in [1.807, 2.05) is 17.0 Å². The molecule has 5 heteroatoms. The predicted octanol–water partition coefficient (Wildman–Crippen LogP) is 1.24. The van der Waals surface area contributed by atoms with Crippen molar-refractivity contribution in [3.05, 3.63) is 35.4 Å². The first kappa shape index (κ1) is 17.0. The largest absolute Gasteiger partial charge is 0.337 e. The van der Waals surface area contributed by atoms with Crippen molar-refractivity contribution in [2.24, 2.45) is 17.6 Å². The number of amides is 1. The maximum Gasteiger partial charge on any atom is 0.253 e. The molecular formula is C20H30N4O. The Balaban J connectivity index is 1.34. The summed E-state index contributed by atoms with van der Waals surface area (Å²) in [5.41, 5.74) is 8.35. The highest BCUT2D eigenvalue weighted by molar-refractivity contribution is 5.94. The highest BCUT2D eigenvalue weighted by atomic mass is 16.2. The molecule has 0 spiro atoms. The molecule has 2 aliphatic heterocycles. The van der Waals surface area contributed by atoms with Crippen LogP contribution in [0.15, 0.2) is 24.3 Å². The van der Waals surface area contributed by atoms with E-state index < -0.39 is 0 Å². The average Bonchev–Trinajstić information content (AvgIpc) is 3.39. The van der Waals surface area contributed by atoms with E-state index in [1.165, 1.54) is 18.4 Å². The highest BCUT2D eigenvalue weighted by Gasteiger charge is 2.42. The van der Waals surface area contributed by atoms with Gasteiger partial charge in [0.1, 0.15) is 0 Å². The van der Waals surface area contributed by atoms with Gasteiger partial charge < -0.3 is 15.5 Å². The van der Waals surface area contributed by atoms with E-state index in [-0.39, 0.29) is 11.9 Å². The molecular weight excluding hydrogens is 312 g/mol. The Morgan fingerprint density at radius 1 is 1.08 bits per heavy atom. The number of hydrogen-bond acceptors (Lipinski definition) is 4. The van der Waals surface area contributed by atoms with Gasteiger partial charge in [-0.3, -0.25) is 9.69 Å². The summed E-state index contributed by atoms with van der Waals surface area (Å²) < 4.78 is 0. The van der Waals surface area contributed by atoms with E-state index in [0.29, 0.717) is 12.5 Å². The van der Waals surface area contributed by atoms with Gasteiger partial charge in [0.25, 0.3) is 5.91 Å². The number of likely N-dealkylation sites (N-methyl/N-ethyl adjacent to an activating group) is 1. The minimum absolute atomic E-state index is 0.143. The summed E-state index contributed by atoms with van der Waals surface area (Å²) in [7, 11) is 2.18. The predicted molar refractivity (Wildman–Crippen MR) is 99.3 cm³/mol. The molecule has 1 amide bonds. The van der Waals surface area contributed by atoms with E-state index in [1.54, 1.807) is 0 Å². The number of likely N-dealkylation sites (tertiary alicyclic amines) is 1. The van der Waals surface area contributed by atoms with Crippen LogP contribution in [0.3, 0.4) is 0 Å². The molecule has 4 rings (SSSR count). The average molecular weight is 342 g/mol. The first-order valence-corrected chi connectivity index (χ1v) is 9.65. The molecule has 0 bridgehead atoms. The fourth-order valence-electron chi connectivity index (χ4n) is 4.24. The van der Waals surface area contributed by atoms with Gasteiger partial charge in [0.15, 0.2) is 0 Å². The Bertz CT molecular complexity index is 605. The fraction of sp³-hybridized carbons (Fsp3) is 0.650. The van der Waals surface area contributed by atoms with Gasteiger partial charge >= 0.3 is 0 Å². The second kappa shape index (κ2) is 7.06. The van der Waals surface area contributed by atoms with Crippen LogP contribution in [0.25, 0.3) is 0 Å². The van der Waals surface area contributed by atoms with Crippen molar-refractivity contribution in [1.29, 1.82) is 0 Å². The lowest BCUT2D eigenvalue weighted by molar-refractivity contribution is 0.0785. The number of nitrogens with zero attached hydrogens (tertiary/aromatic N) is 3. The molecule has 3 aliphatic rings. The summed E-state index contributed by atoms with van der Waals surface area (Å²) in [4.78, 5) is 19.6. The third-order valence-electron chi connectivity index (χ3n) is 6.13. The Morgan fingerprint density at radius 2 is 1.76 bits per heavy atom. The van der Waals surface area contributed by atoms with Crippen molar-refractivity contribution in [2.45, 2.75) is 25.4 Å². The molecule has 1 aromatic carbocycles. The van der Waals surface area contributed by atoms with Crippen LogP contribution in [0.2, 0.25) is 0 Å². The number of carbonyl (C=O) groups is 1. The first-order chi connectivity index (χ1) is 12.1. The lowest BCUT2D eigenvalue weighted by Crippen LogP contribution is -2.43. The summed E-state index contributed by atoms with van der Waals surface area (Å²) in [6, 6.07) is 8.36. The molecule has 0 radical (unpaired) electrons. The van der Waals surface area contributed by atoms with Gasteiger partial charge in [-0.15, -0.1) is 0 Å². The smallest absolute Gasteiger partial charge is 0.253 e. The topological polar surface area (TPSA) is 52.8 Å². The Morgan fingerprint density at radius 3 is 2.40 bits per heavy atom. The number of benzene rings is 1. The van der Waals surface area contributed by atoms with Crippen LogP contribution in [-0.2, 0) is 6.54 Å². The molecule has 3 fully saturated rings. The van der Waals surface area contributed by atoms with Crippen LogP contribution in [0, 0.1) is 11.8 Å². The zero-order valence-corrected chi connectivity index (χ0v) is 15.2. The number of carbonyl (C=O) groups excluding carboxylic acids is 1. The third-order valence-corrected chi connectivity index (χ3v) is 6.13. The van der Waals surface area contributed by atoms with Gasteiger partial charge in [0, 0.05) is 57.4 Å². The molecule has 2 N–H and O–H groups in total. The van der Waals surface area contributed by atoms with Crippen molar-refractivity contribution in [3.8, 4) is 0 Å². The fourth-order valence-corrected chi connectivity index (χ4v) is 4.24. The molecule has 136 valence electrons. The van der Waals surface area contributed by atoms with Crippen molar-refractivity contribution < 1.29 is 4.79 Å². The normalized spacial score (nSPS) is 28.5. The van der Waals surface area contributed by atoms with E-state index in [0.717, 1.165) is 50.7 Å². The Labute approximate surface area is 150 Å². The molecule has 2 unspecified atom stereocenters.